The van der Waals surface area contributed by atoms with Gasteiger partial charge in [0, 0.05) is 25.2 Å². The average Bonchev–Trinajstić information content (AvgIpc) is 2.69. The van der Waals surface area contributed by atoms with Crippen LogP contribution in [-0.2, 0) is 11.3 Å². The van der Waals surface area contributed by atoms with E-state index >= 15 is 0 Å². The van der Waals surface area contributed by atoms with Crippen molar-refractivity contribution in [3.8, 4) is 0 Å². The topological polar surface area (TPSA) is 107 Å². The Morgan fingerprint density at radius 3 is 2.63 bits per heavy atom. The van der Waals surface area contributed by atoms with E-state index in [1.807, 2.05) is 30.1 Å². The van der Waals surface area contributed by atoms with Crippen LogP contribution in [0.5, 0.6) is 0 Å². The predicted molar refractivity (Wildman–Crippen MR) is 108 cm³/mol. The molecule has 1 aromatic heterocycles. The van der Waals surface area contributed by atoms with E-state index in [1.54, 1.807) is 12.1 Å². The largest absolute Gasteiger partial charge is 0.383 e. The highest BCUT2D eigenvalue weighted by Crippen LogP contribution is 2.18. The summed E-state index contributed by atoms with van der Waals surface area (Å²) in [6, 6.07) is 13.7. The van der Waals surface area contributed by atoms with Crippen molar-refractivity contribution in [1.29, 1.82) is 5.41 Å². The molecule has 0 radical (unpaired) electrons. The van der Waals surface area contributed by atoms with E-state index in [9.17, 15) is 4.79 Å². The number of nitrogens with two attached hydrogens (primary N) is 1. The van der Waals surface area contributed by atoms with Crippen LogP contribution in [0.25, 0.3) is 0 Å². The van der Waals surface area contributed by atoms with E-state index in [4.69, 9.17) is 11.1 Å². The van der Waals surface area contributed by atoms with Crippen molar-refractivity contribution < 1.29 is 4.79 Å². The first-order valence-corrected chi connectivity index (χ1v) is 9.16. The van der Waals surface area contributed by atoms with Gasteiger partial charge in [-0.05, 0) is 43.6 Å². The molecule has 1 saturated heterocycles. The number of amides is 1. The molecule has 0 atom stereocenters. The number of carbonyl (C=O) groups excluding carboxylic acids is 1. The summed E-state index contributed by atoms with van der Waals surface area (Å²) in [6.07, 6.45) is 1.74. The van der Waals surface area contributed by atoms with E-state index in [-0.39, 0.29) is 17.6 Å². The van der Waals surface area contributed by atoms with Crippen LogP contribution in [0, 0.1) is 5.41 Å². The Labute approximate surface area is 159 Å². The number of rotatable bonds is 6. The number of nitrogens with zero attached hydrogens (tertiary/aromatic N) is 2. The summed E-state index contributed by atoms with van der Waals surface area (Å²) in [5, 5.41) is 14.4. The van der Waals surface area contributed by atoms with Crippen molar-refractivity contribution in [2.24, 2.45) is 0 Å². The van der Waals surface area contributed by atoms with Gasteiger partial charge in [0.1, 0.15) is 17.3 Å². The Balaban J connectivity index is 1.66. The average molecular weight is 366 g/mol. The second kappa shape index (κ2) is 8.64. The SMILES string of the molecule is CN(Cc1ccccc1)c1ccc(C(=N)C(=O)NC2CCNCC2)c(N)n1. The van der Waals surface area contributed by atoms with Crippen molar-refractivity contribution in [1.82, 2.24) is 15.6 Å². The fourth-order valence-corrected chi connectivity index (χ4v) is 3.17. The van der Waals surface area contributed by atoms with Crippen molar-refractivity contribution in [3.63, 3.8) is 0 Å². The molecule has 1 aliphatic rings. The molecule has 0 spiro atoms. The van der Waals surface area contributed by atoms with Gasteiger partial charge in [-0.3, -0.25) is 10.2 Å². The summed E-state index contributed by atoms with van der Waals surface area (Å²) in [5.41, 5.74) is 7.44. The molecule has 3 rings (SSSR count). The van der Waals surface area contributed by atoms with Crippen molar-refractivity contribution >= 4 is 23.3 Å². The second-order valence-electron chi connectivity index (χ2n) is 6.82. The maximum absolute atomic E-state index is 12.4. The molecule has 0 unspecified atom stereocenters. The first kappa shape index (κ1) is 18.8. The lowest BCUT2D eigenvalue weighted by Crippen LogP contribution is -2.45. The summed E-state index contributed by atoms with van der Waals surface area (Å²) in [4.78, 5) is 18.7. The third-order valence-corrected chi connectivity index (χ3v) is 4.73. The molecule has 0 bridgehead atoms. The minimum Gasteiger partial charge on any atom is -0.383 e. The summed E-state index contributed by atoms with van der Waals surface area (Å²) in [6.45, 7) is 2.45. The van der Waals surface area contributed by atoms with E-state index in [0.29, 0.717) is 17.9 Å². The molecule has 5 N–H and O–H groups in total. The predicted octanol–water partition coefficient (Wildman–Crippen LogP) is 1.54. The monoisotopic (exact) mass is 366 g/mol. The molecule has 1 fully saturated rings. The van der Waals surface area contributed by atoms with Crippen LogP contribution in [0.1, 0.15) is 24.0 Å². The maximum Gasteiger partial charge on any atom is 0.270 e. The quantitative estimate of drug-likeness (QED) is 0.580. The van der Waals surface area contributed by atoms with E-state index < -0.39 is 5.91 Å². The zero-order valence-electron chi connectivity index (χ0n) is 15.5. The Morgan fingerprint density at radius 2 is 1.96 bits per heavy atom. The van der Waals surface area contributed by atoms with Crippen LogP contribution < -0.4 is 21.3 Å². The Kier molecular flexibility index (Phi) is 6.03. The van der Waals surface area contributed by atoms with Crippen molar-refractivity contribution in [2.45, 2.75) is 25.4 Å². The smallest absolute Gasteiger partial charge is 0.270 e. The maximum atomic E-state index is 12.4. The summed E-state index contributed by atoms with van der Waals surface area (Å²) >= 11 is 0. The van der Waals surface area contributed by atoms with Gasteiger partial charge in [-0.15, -0.1) is 0 Å². The molecule has 7 nitrogen and oxygen atoms in total. The zero-order chi connectivity index (χ0) is 19.2. The van der Waals surface area contributed by atoms with Crippen LogP contribution in [0.3, 0.4) is 0 Å². The van der Waals surface area contributed by atoms with Crippen LogP contribution in [0.2, 0.25) is 0 Å². The highest BCUT2D eigenvalue weighted by molar-refractivity contribution is 6.45. The highest BCUT2D eigenvalue weighted by atomic mass is 16.1. The molecule has 27 heavy (non-hydrogen) atoms. The molecule has 2 aromatic rings. The third kappa shape index (κ3) is 4.83. The number of pyridine rings is 1. The highest BCUT2D eigenvalue weighted by Gasteiger charge is 2.21. The molecule has 1 aromatic carbocycles. The molecule has 142 valence electrons. The fourth-order valence-electron chi connectivity index (χ4n) is 3.17. The number of hydrogen-bond donors (Lipinski definition) is 4. The van der Waals surface area contributed by atoms with Gasteiger partial charge in [-0.2, -0.15) is 0 Å². The lowest BCUT2D eigenvalue weighted by molar-refractivity contribution is -0.115. The molecule has 1 amide bonds. The Hall–Kier alpha value is -2.93. The molecule has 0 saturated carbocycles. The van der Waals surface area contributed by atoms with Crippen LogP contribution in [0.4, 0.5) is 11.6 Å². The second-order valence-corrected chi connectivity index (χ2v) is 6.82. The molecule has 2 heterocycles. The minimum absolute atomic E-state index is 0.101. The number of aromatic nitrogens is 1. The lowest BCUT2D eigenvalue weighted by atomic mass is 10.1. The minimum atomic E-state index is -0.402. The van der Waals surface area contributed by atoms with E-state index in [0.717, 1.165) is 25.9 Å². The summed E-state index contributed by atoms with van der Waals surface area (Å²) in [5.74, 6) is 0.491. The molecule has 0 aliphatic carbocycles. The van der Waals surface area contributed by atoms with E-state index in [1.165, 1.54) is 5.56 Å². The first-order valence-electron chi connectivity index (χ1n) is 9.16. The number of nitrogen functional groups attached to an aromatic ring is 1. The van der Waals surface area contributed by atoms with Crippen LogP contribution in [0.15, 0.2) is 42.5 Å². The summed E-state index contributed by atoms with van der Waals surface area (Å²) < 4.78 is 0. The molecular formula is C20H26N6O. The van der Waals surface area contributed by atoms with E-state index in [2.05, 4.69) is 27.8 Å². The van der Waals surface area contributed by atoms with Gasteiger partial charge < -0.3 is 21.3 Å². The van der Waals surface area contributed by atoms with Gasteiger partial charge in [0.2, 0.25) is 0 Å². The van der Waals surface area contributed by atoms with Gasteiger partial charge in [0.05, 0.1) is 0 Å². The number of hydrogen-bond acceptors (Lipinski definition) is 6. The van der Waals surface area contributed by atoms with Crippen LogP contribution >= 0.6 is 0 Å². The van der Waals surface area contributed by atoms with Crippen molar-refractivity contribution in [3.05, 3.63) is 53.6 Å². The number of carbonyl (C=O) groups is 1. The third-order valence-electron chi connectivity index (χ3n) is 4.73. The van der Waals surface area contributed by atoms with Gasteiger partial charge >= 0.3 is 0 Å². The van der Waals surface area contributed by atoms with Crippen LogP contribution in [-0.4, -0.2) is 42.8 Å². The fraction of sp³-hybridized carbons (Fsp3) is 0.350. The number of nitrogens with one attached hydrogen (secondary N) is 3. The molecule has 1 aliphatic heterocycles. The summed E-state index contributed by atoms with van der Waals surface area (Å²) in [7, 11) is 1.93. The normalized spacial score (nSPS) is 14.6. The molecular weight excluding hydrogens is 340 g/mol. The Morgan fingerprint density at radius 1 is 1.26 bits per heavy atom. The number of anilines is 2. The van der Waals surface area contributed by atoms with Crippen molar-refractivity contribution in [2.75, 3.05) is 30.8 Å². The van der Waals surface area contributed by atoms with Gasteiger partial charge in [-0.25, -0.2) is 4.98 Å². The van der Waals surface area contributed by atoms with Gasteiger partial charge in [-0.1, -0.05) is 30.3 Å². The Bertz CT molecular complexity index is 801. The standard InChI is InChI=1S/C20H26N6O/c1-26(13-14-5-3-2-4-6-14)17-8-7-16(19(22)25-17)18(21)20(27)24-15-9-11-23-12-10-15/h2-8,15,21,23H,9-13H2,1H3,(H2,22,25)(H,24,27). The molecule has 7 heteroatoms. The number of piperidine rings is 1. The number of benzene rings is 1. The zero-order valence-corrected chi connectivity index (χ0v) is 15.5. The van der Waals surface area contributed by atoms with Gasteiger partial charge in [0.25, 0.3) is 5.91 Å². The lowest BCUT2D eigenvalue weighted by Gasteiger charge is -2.24. The van der Waals surface area contributed by atoms with Gasteiger partial charge in [0.15, 0.2) is 0 Å². The first-order chi connectivity index (χ1) is 13.0.